The van der Waals surface area contributed by atoms with Gasteiger partial charge in [-0.05, 0) is 18.1 Å². The van der Waals surface area contributed by atoms with Crippen molar-refractivity contribution >= 4 is 11.8 Å². The molecule has 14 heavy (non-hydrogen) atoms. The fraction of sp³-hybridized carbons (Fsp3) is 0.200. The summed E-state index contributed by atoms with van der Waals surface area (Å²) in [6.45, 7) is 1.90. The molecule has 2 amide bonds. The average molecular weight is 191 g/mol. The zero-order valence-electron chi connectivity index (χ0n) is 7.65. The Kier molecular flexibility index (Phi) is 1.86. The van der Waals surface area contributed by atoms with Crippen LogP contribution in [0.2, 0.25) is 0 Å². The number of carbonyl (C=O) groups is 2. The SMILES string of the molecule is CCc1cccc2c1C(=O)N(O)C2=O. The molecule has 1 N–H and O–H groups in total. The Hall–Kier alpha value is -1.68. The van der Waals surface area contributed by atoms with Crippen LogP contribution in [0.1, 0.15) is 33.2 Å². The Balaban J connectivity index is 2.69. The lowest BCUT2D eigenvalue weighted by Crippen LogP contribution is -2.25. The van der Waals surface area contributed by atoms with Gasteiger partial charge in [-0.25, -0.2) is 0 Å². The molecular formula is C10H9NO3. The Labute approximate surface area is 80.7 Å². The summed E-state index contributed by atoms with van der Waals surface area (Å²) in [6.07, 6.45) is 0.663. The smallest absolute Gasteiger partial charge is 0.278 e. The van der Waals surface area contributed by atoms with E-state index in [1.165, 1.54) is 0 Å². The lowest BCUT2D eigenvalue weighted by molar-refractivity contribution is -0.0327. The van der Waals surface area contributed by atoms with Crippen LogP contribution in [0.4, 0.5) is 0 Å². The van der Waals surface area contributed by atoms with Crippen LogP contribution in [0.3, 0.4) is 0 Å². The Morgan fingerprint density at radius 3 is 2.64 bits per heavy atom. The van der Waals surface area contributed by atoms with Crippen molar-refractivity contribution in [3.63, 3.8) is 0 Å². The molecule has 1 aromatic rings. The molecule has 0 saturated heterocycles. The minimum absolute atomic E-state index is 0.170. The molecule has 4 heteroatoms. The number of rotatable bonds is 1. The molecule has 1 heterocycles. The molecule has 72 valence electrons. The predicted molar refractivity (Wildman–Crippen MR) is 48.1 cm³/mol. The van der Waals surface area contributed by atoms with Crippen molar-refractivity contribution in [1.29, 1.82) is 0 Å². The van der Waals surface area contributed by atoms with Crippen LogP contribution in [0, 0.1) is 0 Å². The van der Waals surface area contributed by atoms with E-state index in [1.54, 1.807) is 18.2 Å². The van der Waals surface area contributed by atoms with Crippen molar-refractivity contribution < 1.29 is 14.8 Å². The Morgan fingerprint density at radius 1 is 1.29 bits per heavy atom. The number of imide groups is 1. The first-order valence-corrected chi connectivity index (χ1v) is 4.36. The first kappa shape index (κ1) is 8.90. The second-order valence-electron chi connectivity index (χ2n) is 3.12. The van der Waals surface area contributed by atoms with Gasteiger partial charge in [-0.15, -0.1) is 5.06 Å². The molecule has 2 rings (SSSR count). The van der Waals surface area contributed by atoms with E-state index in [2.05, 4.69) is 0 Å². The average Bonchev–Trinajstić information content (AvgIpc) is 2.44. The minimum Gasteiger partial charge on any atom is -0.278 e. The second-order valence-corrected chi connectivity index (χ2v) is 3.12. The van der Waals surface area contributed by atoms with Crippen molar-refractivity contribution in [2.24, 2.45) is 0 Å². The molecule has 0 fully saturated rings. The largest absolute Gasteiger partial charge is 0.285 e. The highest BCUT2D eigenvalue weighted by Gasteiger charge is 2.36. The van der Waals surface area contributed by atoms with Crippen LogP contribution in [-0.4, -0.2) is 22.1 Å². The van der Waals surface area contributed by atoms with Gasteiger partial charge in [0.2, 0.25) is 0 Å². The number of hydrogen-bond acceptors (Lipinski definition) is 3. The van der Waals surface area contributed by atoms with E-state index in [0.29, 0.717) is 12.0 Å². The van der Waals surface area contributed by atoms with Gasteiger partial charge in [0.15, 0.2) is 0 Å². The van der Waals surface area contributed by atoms with Crippen molar-refractivity contribution in [2.45, 2.75) is 13.3 Å². The third-order valence-corrected chi connectivity index (χ3v) is 2.36. The van der Waals surface area contributed by atoms with Gasteiger partial charge >= 0.3 is 0 Å². The van der Waals surface area contributed by atoms with E-state index in [0.717, 1.165) is 5.56 Å². The van der Waals surface area contributed by atoms with Gasteiger partial charge in [0.25, 0.3) is 11.8 Å². The van der Waals surface area contributed by atoms with Gasteiger partial charge in [-0.3, -0.25) is 14.8 Å². The topological polar surface area (TPSA) is 57.6 Å². The van der Waals surface area contributed by atoms with E-state index >= 15 is 0 Å². The minimum atomic E-state index is -0.639. The number of hydrogen-bond donors (Lipinski definition) is 1. The van der Waals surface area contributed by atoms with Gasteiger partial charge in [-0.1, -0.05) is 19.1 Å². The fourth-order valence-electron chi connectivity index (χ4n) is 1.64. The fourth-order valence-corrected chi connectivity index (χ4v) is 1.64. The summed E-state index contributed by atoms with van der Waals surface area (Å²) in [5.74, 6) is -1.26. The molecule has 0 radical (unpaired) electrons. The number of hydroxylamine groups is 2. The molecule has 0 aliphatic carbocycles. The highest BCUT2D eigenvalue weighted by molar-refractivity contribution is 6.21. The van der Waals surface area contributed by atoms with Gasteiger partial charge in [-0.2, -0.15) is 0 Å². The van der Waals surface area contributed by atoms with Gasteiger partial charge in [0, 0.05) is 0 Å². The maximum absolute atomic E-state index is 11.4. The summed E-state index contributed by atoms with van der Waals surface area (Å²) in [5.41, 5.74) is 1.41. The standard InChI is InChI=1S/C10H9NO3/c1-2-6-4-3-5-7-8(6)10(13)11(14)9(7)12/h3-5,14H,2H2,1H3. The predicted octanol–water partition coefficient (Wildman–Crippen LogP) is 1.23. The van der Waals surface area contributed by atoms with Crippen LogP contribution in [0.5, 0.6) is 0 Å². The summed E-state index contributed by atoms with van der Waals surface area (Å²) < 4.78 is 0. The summed E-state index contributed by atoms with van der Waals surface area (Å²) in [7, 11) is 0. The summed E-state index contributed by atoms with van der Waals surface area (Å²) >= 11 is 0. The molecule has 1 aromatic carbocycles. The molecular weight excluding hydrogens is 182 g/mol. The normalized spacial score (nSPS) is 14.9. The lowest BCUT2D eigenvalue weighted by Gasteiger charge is -2.02. The molecule has 0 saturated carbocycles. The number of aryl methyl sites for hydroxylation is 1. The van der Waals surface area contributed by atoms with E-state index in [4.69, 9.17) is 5.21 Å². The van der Waals surface area contributed by atoms with E-state index in [9.17, 15) is 9.59 Å². The van der Waals surface area contributed by atoms with Crippen LogP contribution in [0.15, 0.2) is 18.2 Å². The zero-order chi connectivity index (χ0) is 10.3. The molecule has 0 spiro atoms. The van der Waals surface area contributed by atoms with Crippen molar-refractivity contribution in [1.82, 2.24) is 5.06 Å². The molecule has 1 aliphatic rings. The van der Waals surface area contributed by atoms with Crippen LogP contribution >= 0.6 is 0 Å². The van der Waals surface area contributed by atoms with Crippen LogP contribution in [0.25, 0.3) is 0 Å². The molecule has 1 aliphatic heterocycles. The van der Waals surface area contributed by atoms with E-state index in [-0.39, 0.29) is 10.6 Å². The highest BCUT2D eigenvalue weighted by Crippen LogP contribution is 2.24. The summed E-state index contributed by atoms with van der Waals surface area (Å²) in [4.78, 5) is 22.8. The second kappa shape index (κ2) is 2.92. The van der Waals surface area contributed by atoms with Gasteiger partial charge in [0.05, 0.1) is 11.1 Å². The third-order valence-electron chi connectivity index (χ3n) is 2.36. The molecule has 4 nitrogen and oxygen atoms in total. The molecule has 0 atom stereocenters. The Morgan fingerprint density at radius 2 is 2.00 bits per heavy atom. The lowest BCUT2D eigenvalue weighted by atomic mass is 10.0. The number of carbonyl (C=O) groups excluding carboxylic acids is 2. The number of fused-ring (bicyclic) bond motifs is 1. The maximum atomic E-state index is 11.4. The van der Waals surface area contributed by atoms with Crippen LogP contribution in [-0.2, 0) is 6.42 Å². The number of nitrogens with zero attached hydrogens (tertiary/aromatic N) is 1. The summed E-state index contributed by atoms with van der Waals surface area (Å²) in [5, 5.41) is 9.31. The highest BCUT2D eigenvalue weighted by atomic mass is 16.5. The van der Waals surface area contributed by atoms with Crippen molar-refractivity contribution in [2.75, 3.05) is 0 Å². The van der Waals surface area contributed by atoms with Crippen molar-refractivity contribution in [3.05, 3.63) is 34.9 Å². The first-order valence-electron chi connectivity index (χ1n) is 4.36. The third kappa shape index (κ3) is 0.975. The number of benzene rings is 1. The van der Waals surface area contributed by atoms with E-state index in [1.807, 2.05) is 6.92 Å². The molecule has 0 unspecified atom stereocenters. The number of amides is 2. The first-order chi connectivity index (χ1) is 6.66. The Bertz CT molecular complexity index is 425. The zero-order valence-corrected chi connectivity index (χ0v) is 7.65. The molecule has 0 aromatic heterocycles. The quantitative estimate of drug-likeness (QED) is 0.536. The van der Waals surface area contributed by atoms with Gasteiger partial charge in [0.1, 0.15) is 0 Å². The maximum Gasteiger partial charge on any atom is 0.285 e. The van der Waals surface area contributed by atoms with Gasteiger partial charge < -0.3 is 0 Å². The monoisotopic (exact) mass is 191 g/mol. The van der Waals surface area contributed by atoms with Crippen LogP contribution < -0.4 is 0 Å². The van der Waals surface area contributed by atoms with E-state index < -0.39 is 11.8 Å². The molecule has 0 bridgehead atoms. The summed E-state index contributed by atoms with van der Waals surface area (Å²) in [6, 6.07) is 5.04. The van der Waals surface area contributed by atoms with Crippen molar-refractivity contribution in [3.8, 4) is 0 Å².